The first-order chi connectivity index (χ1) is 19.4. The zero-order chi connectivity index (χ0) is 28.1. The fraction of sp³-hybridized carbons (Fsp3) is 0.571. The van der Waals surface area contributed by atoms with Crippen LogP contribution in [0.25, 0.3) is 0 Å². The molecule has 12 nitrogen and oxygen atoms in total. The number of nitrogens with two attached hydrogens (primary N) is 1. The number of anilines is 3. The van der Waals surface area contributed by atoms with E-state index in [2.05, 4.69) is 37.9 Å². The van der Waals surface area contributed by atoms with Gasteiger partial charge in [0.15, 0.2) is 11.5 Å². The topological polar surface area (TPSA) is 150 Å². The Morgan fingerprint density at radius 3 is 2.27 bits per heavy atom. The minimum absolute atomic E-state index is 0.00937. The first-order valence-electron chi connectivity index (χ1n) is 14.3. The molecule has 2 aromatic rings. The van der Waals surface area contributed by atoms with Gasteiger partial charge in [-0.05, 0) is 68.6 Å². The molecule has 1 aromatic heterocycles. The van der Waals surface area contributed by atoms with E-state index in [9.17, 15) is 14.4 Å². The number of hydrogen-bond donors (Lipinski definition) is 3. The molecular weight excluding hydrogens is 510 g/mol. The van der Waals surface area contributed by atoms with E-state index in [0.717, 1.165) is 76.9 Å². The van der Waals surface area contributed by atoms with E-state index >= 15 is 0 Å². The van der Waals surface area contributed by atoms with Crippen LogP contribution in [0, 0.1) is 0 Å². The van der Waals surface area contributed by atoms with Gasteiger partial charge in [-0.3, -0.25) is 9.59 Å². The summed E-state index contributed by atoms with van der Waals surface area (Å²) < 4.78 is 0. The molecule has 1 unspecified atom stereocenters. The molecule has 1 aromatic carbocycles. The van der Waals surface area contributed by atoms with Gasteiger partial charge < -0.3 is 31.1 Å². The van der Waals surface area contributed by atoms with E-state index in [-0.39, 0.29) is 29.5 Å². The Kier molecular flexibility index (Phi) is 8.61. The summed E-state index contributed by atoms with van der Waals surface area (Å²) in [6, 6.07) is 8.00. The van der Waals surface area contributed by atoms with Crippen LogP contribution in [-0.4, -0.2) is 88.1 Å². The highest BCUT2D eigenvalue weighted by atomic mass is 16.2. The molecule has 0 spiro atoms. The summed E-state index contributed by atoms with van der Waals surface area (Å²) in [5.41, 5.74) is 7.53. The Morgan fingerprint density at radius 2 is 1.60 bits per heavy atom. The van der Waals surface area contributed by atoms with Crippen molar-refractivity contribution in [3.8, 4) is 0 Å². The largest absolute Gasteiger partial charge is 0.364 e. The Morgan fingerprint density at radius 1 is 0.875 bits per heavy atom. The average Bonchev–Trinajstić information content (AvgIpc) is 2.98. The second-order valence-electron chi connectivity index (χ2n) is 11.0. The normalized spacial score (nSPS) is 20.2. The Balaban J connectivity index is 1.24. The van der Waals surface area contributed by atoms with Gasteiger partial charge >= 0.3 is 6.03 Å². The van der Waals surface area contributed by atoms with E-state index in [1.807, 2.05) is 26.8 Å². The number of benzene rings is 1. The summed E-state index contributed by atoms with van der Waals surface area (Å²) in [6.07, 6.45) is 6.91. The molecular formula is C28H39N9O3. The summed E-state index contributed by atoms with van der Waals surface area (Å²) in [6.45, 7) is 6.07. The summed E-state index contributed by atoms with van der Waals surface area (Å²) in [5.74, 6) is 0.454. The van der Waals surface area contributed by atoms with Gasteiger partial charge in [0.1, 0.15) is 0 Å². The van der Waals surface area contributed by atoms with Crippen molar-refractivity contribution >= 4 is 35.3 Å². The first-order valence-corrected chi connectivity index (χ1v) is 14.3. The Hall–Kier alpha value is -3.96. The van der Waals surface area contributed by atoms with Crippen LogP contribution in [-0.2, 0) is 4.79 Å². The average molecular weight is 550 g/mol. The molecule has 4 N–H and O–H groups in total. The molecule has 3 fully saturated rings. The SMILES string of the molecule is CC(=O)N1CCC(c2ccc(Nc3nc(N4CCCC(NC(=O)N5CCCCC5)C4)nnc3C(N)=O)cc2)CC1. The zero-order valence-corrected chi connectivity index (χ0v) is 23.1. The first kappa shape index (κ1) is 27.6. The summed E-state index contributed by atoms with van der Waals surface area (Å²) in [5, 5.41) is 14.7. The lowest BCUT2D eigenvalue weighted by molar-refractivity contribution is -0.129. The number of amides is 4. The summed E-state index contributed by atoms with van der Waals surface area (Å²) >= 11 is 0. The number of rotatable bonds is 6. The van der Waals surface area contributed by atoms with Crippen molar-refractivity contribution < 1.29 is 14.4 Å². The molecule has 0 saturated carbocycles. The Bertz CT molecular complexity index is 1210. The van der Waals surface area contributed by atoms with Crippen LogP contribution in [0.4, 0.5) is 22.2 Å². The predicted molar refractivity (Wildman–Crippen MR) is 151 cm³/mol. The van der Waals surface area contributed by atoms with Crippen LogP contribution in [0.1, 0.15) is 73.8 Å². The highest BCUT2D eigenvalue weighted by Gasteiger charge is 2.27. The second-order valence-corrected chi connectivity index (χ2v) is 11.0. The molecule has 0 bridgehead atoms. The number of aromatic nitrogens is 3. The van der Waals surface area contributed by atoms with E-state index in [1.165, 1.54) is 12.0 Å². The highest BCUT2D eigenvalue weighted by Crippen LogP contribution is 2.30. The van der Waals surface area contributed by atoms with Crippen molar-refractivity contribution in [2.45, 2.75) is 63.8 Å². The lowest BCUT2D eigenvalue weighted by Gasteiger charge is -2.35. The minimum atomic E-state index is -0.715. The van der Waals surface area contributed by atoms with Crippen molar-refractivity contribution in [2.75, 3.05) is 49.5 Å². The third-order valence-corrected chi connectivity index (χ3v) is 8.17. The molecule has 12 heteroatoms. The van der Waals surface area contributed by atoms with Crippen molar-refractivity contribution in [3.05, 3.63) is 35.5 Å². The van der Waals surface area contributed by atoms with Gasteiger partial charge in [-0.25, -0.2) is 4.79 Å². The molecule has 40 heavy (non-hydrogen) atoms. The second kappa shape index (κ2) is 12.5. The molecule has 214 valence electrons. The van der Waals surface area contributed by atoms with Crippen LogP contribution >= 0.6 is 0 Å². The highest BCUT2D eigenvalue weighted by molar-refractivity contribution is 5.96. The quantitative estimate of drug-likeness (QED) is 0.498. The van der Waals surface area contributed by atoms with Gasteiger partial charge in [0.05, 0.1) is 0 Å². The van der Waals surface area contributed by atoms with Gasteiger partial charge in [-0.15, -0.1) is 10.2 Å². The van der Waals surface area contributed by atoms with Crippen molar-refractivity contribution in [2.24, 2.45) is 5.73 Å². The van der Waals surface area contributed by atoms with Gasteiger partial charge in [0.2, 0.25) is 11.9 Å². The standard InChI is InChI=1S/C28H39N9O3/c1-19(38)35-16-11-21(12-17-35)20-7-9-22(10-8-20)30-26-24(25(29)39)33-34-27(32-26)37-15-5-6-23(18-37)31-28(40)36-13-3-2-4-14-36/h7-10,21,23H,2-6,11-18H2,1H3,(H2,29,39)(H,31,40)(H,30,32,34). The van der Waals surface area contributed by atoms with Crippen LogP contribution in [0.3, 0.4) is 0 Å². The zero-order valence-electron chi connectivity index (χ0n) is 23.1. The number of primary amides is 1. The van der Waals surface area contributed by atoms with Crippen molar-refractivity contribution in [1.29, 1.82) is 0 Å². The third-order valence-electron chi connectivity index (χ3n) is 8.17. The van der Waals surface area contributed by atoms with Crippen molar-refractivity contribution in [3.63, 3.8) is 0 Å². The number of urea groups is 1. The van der Waals surface area contributed by atoms with Gasteiger partial charge in [-0.2, -0.15) is 4.98 Å². The minimum Gasteiger partial charge on any atom is -0.364 e. The van der Waals surface area contributed by atoms with Crippen LogP contribution < -0.4 is 21.3 Å². The predicted octanol–water partition coefficient (Wildman–Crippen LogP) is 2.60. The van der Waals surface area contributed by atoms with E-state index in [1.54, 1.807) is 6.92 Å². The molecule has 4 amide bonds. The van der Waals surface area contributed by atoms with E-state index < -0.39 is 5.91 Å². The van der Waals surface area contributed by atoms with E-state index in [0.29, 0.717) is 18.4 Å². The number of nitrogens with zero attached hydrogens (tertiary/aromatic N) is 6. The number of piperidine rings is 3. The fourth-order valence-corrected chi connectivity index (χ4v) is 5.85. The lowest BCUT2D eigenvalue weighted by atomic mass is 9.89. The van der Waals surface area contributed by atoms with Crippen LogP contribution in [0.5, 0.6) is 0 Å². The number of hydrogen-bond acceptors (Lipinski definition) is 8. The Labute approximate surface area is 234 Å². The van der Waals surface area contributed by atoms with Crippen LogP contribution in [0.2, 0.25) is 0 Å². The van der Waals surface area contributed by atoms with E-state index in [4.69, 9.17) is 5.73 Å². The molecule has 4 heterocycles. The third kappa shape index (κ3) is 6.60. The lowest BCUT2D eigenvalue weighted by Crippen LogP contribution is -2.52. The van der Waals surface area contributed by atoms with Gasteiger partial charge in [-0.1, -0.05) is 12.1 Å². The van der Waals surface area contributed by atoms with Crippen LogP contribution in [0.15, 0.2) is 24.3 Å². The molecule has 1 atom stereocenters. The van der Waals surface area contributed by atoms with Gasteiger partial charge in [0, 0.05) is 57.9 Å². The summed E-state index contributed by atoms with van der Waals surface area (Å²) in [7, 11) is 0. The maximum absolute atomic E-state index is 12.7. The molecule has 3 saturated heterocycles. The number of nitrogens with one attached hydrogen (secondary N) is 2. The monoisotopic (exact) mass is 549 g/mol. The molecule has 0 aliphatic carbocycles. The molecule has 5 rings (SSSR count). The number of carbonyl (C=O) groups is 3. The molecule has 3 aliphatic heterocycles. The smallest absolute Gasteiger partial charge is 0.317 e. The fourth-order valence-electron chi connectivity index (χ4n) is 5.85. The maximum atomic E-state index is 12.7. The molecule has 3 aliphatic rings. The summed E-state index contributed by atoms with van der Waals surface area (Å²) in [4.78, 5) is 46.9. The number of likely N-dealkylation sites (tertiary alicyclic amines) is 2. The van der Waals surface area contributed by atoms with Gasteiger partial charge in [0.25, 0.3) is 5.91 Å². The molecule has 0 radical (unpaired) electrons. The number of carbonyl (C=O) groups excluding carboxylic acids is 3. The maximum Gasteiger partial charge on any atom is 0.317 e. The van der Waals surface area contributed by atoms with Crippen molar-refractivity contribution in [1.82, 2.24) is 30.3 Å².